The highest BCUT2D eigenvalue weighted by Crippen LogP contribution is 2.39. The van der Waals surface area contributed by atoms with E-state index in [1.54, 1.807) is 19.1 Å². The number of hydrogen-bond acceptors (Lipinski definition) is 4. The van der Waals surface area contributed by atoms with E-state index in [4.69, 9.17) is 9.47 Å². The number of likely N-dealkylation sites (tertiary alicyclic amines) is 1. The van der Waals surface area contributed by atoms with Crippen molar-refractivity contribution in [3.63, 3.8) is 0 Å². The third kappa shape index (κ3) is 6.02. The molecule has 2 atom stereocenters. The van der Waals surface area contributed by atoms with Gasteiger partial charge >= 0.3 is 6.03 Å². The lowest BCUT2D eigenvalue weighted by Gasteiger charge is -2.25. The molecule has 1 aliphatic rings. The van der Waals surface area contributed by atoms with Crippen LogP contribution in [0.4, 0.5) is 4.79 Å². The van der Waals surface area contributed by atoms with E-state index in [0.29, 0.717) is 37.1 Å². The highest BCUT2D eigenvalue weighted by molar-refractivity contribution is 5.83. The van der Waals surface area contributed by atoms with E-state index >= 15 is 0 Å². The largest absolute Gasteiger partial charge is 0.497 e. The molecule has 0 radical (unpaired) electrons. The van der Waals surface area contributed by atoms with Gasteiger partial charge in [0.2, 0.25) is 5.91 Å². The maximum atomic E-state index is 13.0. The number of nitrogens with zero attached hydrogens (tertiary/aromatic N) is 1. The van der Waals surface area contributed by atoms with E-state index in [1.807, 2.05) is 39.0 Å². The van der Waals surface area contributed by atoms with Gasteiger partial charge in [-0.3, -0.25) is 4.79 Å². The highest BCUT2D eigenvalue weighted by Gasteiger charge is 2.42. The lowest BCUT2D eigenvalue weighted by atomic mass is 9.87. The molecule has 0 saturated carbocycles. The van der Waals surface area contributed by atoms with Crippen LogP contribution in [-0.4, -0.2) is 56.2 Å². The highest BCUT2D eigenvalue weighted by atomic mass is 16.5. The van der Waals surface area contributed by atoms with Crippen LogP contribution in [0, 0.1) is 11.8 Å². The Kier molecular flexibility index (Phi) is 7.38. The molecule has 162 valence electrons. The van der Waals surface area contributed by atoms with Crippen LogP contribution < -0.4 is 20.1 Å². The zero-order chi connectivity index (χ0) is 21.8. The van der Waals surface area contributed by atoms with E-state index in [1.165, 1.54) is 0 Å². The van der Waals surface area contributed by atoms with Gasteiger partial charge in [-0.15, -0.1) is 0 Å². The van der Waals surface area contributed by atoms with Gasteiger partial charge in [0.05, 0.1) is 20.1 Å². The fourth-order valence-corrected chi connectivity index (χ4v) is 3.52. The SMILES string of the molecule is COc1ccc(OC)c(C2CN(C(=O)NC(C)(C)C)CC2C(=O)NCC(C)C)c1. The Labute approximate surface area is 174 Å². The second kappa shape index (κ2) is 9.37. The van der Waals surface area contributed by atoms with Crippen molar-refractivity contribution < 1.29 is 19.1 Å². The number of nitrogens with one attached hydrogen (secondary N) is 2. The zero-order valence-electron chi connectivity index (χ0n) is 18.7. The maximum Gasteiger partial charge on any atom is 0.317 e. The van der Waals surface area contributed by atoms with Crippen LogP contribution in [0.3, 0.4) is 0 Å². The molecule has 1 fully saturated rings. The number of benzene rings is 1. The first-order valence-electron chi connectivity index (χ1n) is 10.1. The normalized spacial score (nSPS) is 19.2. The van der Waals surface area contributed by atoms with Crippen LogP contribution in [0.15, 0.2) is 18.2 Å². The summed E-state index contributed by atoms with van der Waals surface area (Å²) in [7, 11) is 3.22. The summed E-state index contributed by atoms with van der Waals surface area (Å²) in [5, 5.41) is 6.02. The lowest BCUT2D eigenvalue weighted by molar-refractivity contribution is -0.125. The van der Waals surface area contributed by atoms with Crippen LogP contribution in [0.1, 0.15) is 46.1 Å². The Balaban J connectivity index is 2.35. The molecule has 7 heteroatoms. The average Bonchev–Trinajstić information content (AvgIpc) is 3.09. The first-order valence-corrected chi connectivity index (χ1v) is 10.1. The molecule has 0 bridgehead atoms. The number of urea groups is 1. The van der Waals surface area contributed by atoms with Gasteiger partial charge < -0.3 is 25.0 Å². The molecular weight excluding hydrogens is 370 g/mol. The van der Waals surface area contributed by atoms with Crippen molar-refractivity contribution in [2.45, 2.75) is 46.1 Å². The second-order valence-electron chi connectivity index (χ2n) is 9.05. The first-order chi connectivity index (χ1) is 13.6. The van der Waals surface area contributed by atoms with Crippen molar-refractivity contribution in [3.8, 4) is 11.5 Å². The minimum Gasteiger partial charge on any atom is -0.497 e. The van der Waals surface area contributed by atoms with E-state index in [2.05, 4.69) is 24.5 Å². The van der Waals surface area contributed by atoms with E-state index in [-0.39, 0.29) is 29.3 Å². The van der Waals surface area contributed by atoms with Gasteiger partial charge in [0.1, 0.15) is 11.5 Å². The van der Waals surface area contributed by atoms with E-state index in [9.17, 15) is 9.59 Å². The Hall–Kier alpha value is -2.44. The van der Waals surface area contributed by atoms with E-state index in [0.717, 1.165) is 5.56 Å². The molecule has 0 spiro atoms. The molecule has 1 heterocycles. The number of ether oxygens (including phenoxy) is 2. The number of carbonyl (C=O) groups is 2. The van der Waals surface area contributed by atoms with Crippen molar-refractivity contribution in [1.29, 1.82) is 0 Å². The lowest BCUT2D eigenvalue weighted by Crippen LogP contribution is -2.48. The van der Waals surface area contributed by atoms with Crippen molar-refractivity contribution in [2.24, 2.45) is 11.8 Å². The smallest absolute Gasteiger partial charge is 0.317 e. The molecule has 29 heavy (non-hydrogen) atoms. The van der Waals surface area contributed by atoms with Gasteiger partial charge in [-0.25, -0.2) is 4.79 Å². The minimum atomic E-state index is -0.361. The summed E-state index contributed by atoms with van der Waals surface area (Å²) < 4.78 is 10.9. The Morgan fingerprint density at radius 2 is 1.86 bits per heavy atom. The Bertz CT molecular complexity index is 727. The summed E-state index contributed by atoms with van der Waals surface area (Å²) in [5.74, 6) is 1.15. The molecule has 7 nitrogen and oxygen atoms in total. The van der Waals surface area contributed by atoms with Crippen LogP contribution >= 0.6 is 0 Å². The van der Waals surface area contributed by atoms with Crippen LogP contribution in [0.2, 0.25) is 0 Å². The third-order valence-electron chi connectivity index (χ3n) is 4.95. The zero-order valence-corrected chi connectivity index (χ0v) is 18.7. The van der Waals surface area contributed by atoms with Gasteiger partial charge in [0.25, 0.3) is 0 Å². The van der Waals surface area contributed by atoms with Gasteiger partial charge in [-0.2, -0.15) is 0 Å². The predicted octanol–water partition coefficient (Wildman–Crippen LogP) is 3.00. The average molecular weight is 406 g/mol. The van der Waals surface area contributed by atoms with Crippen molar-refractivity contribution in [2.75, 3.05) is 33.9 Å². The summed E-state index contributed by atoms with van der Waals surface area (Å²) >= 11 is 0. The van der Waals surface area contributed by atoms with Crippen LogP contribution in [0.25, 0.3) is 0 Å². The fraction of sp³-hybridized carbons (Fsp3) is 0.636. The topological polar surface area (TPSA) is 79.9 Å². The molecule has 1 saturated heterocycles. The molecule has 0 aliphatic carbocycles. The molecule has 2 unspecified atom stereocenters. The Morgan fingerprint density at radius 1 is 1.17 bits per heavy atom. The molecule has 2 rings (SSSR count). The van der Waals surface area contributed by atoms with Gasteiger partial charge in [0.15, 0.2) is 0 Å². The molecule has 3 amide bonds. The minimum absolute atomic E-state index is 0.0420. The van der Waals surface area contributed by atoms with Gasteiger partial charge in [-0.05, 0) is 44.9 Å². The summed E-state index contributed by atoms with van der Waals surface area (Å²) in [6, 6.07) is 5.41. The summed E-state index contributed by atoms with van der Waals surface area (Å²) in [5.41, 5.74) is 0.528. The molecule has 1 aliphatic heterocycles. The van der Waals surface area contributed by atoms with Crippen molar-refractivity contribution in [1.82, 2.24) is 15.5 Å². The number of carbonyl (C=O) groups excluding carboxylic acids is 2. The quantitative estimate of drug-likeness (QED) is 0.763. The molecule has 1 aromatic carbocycles. The number of methoxy groups -OCH3 is 2. The summed E-state index contributed by atoms with van der Waals surface area (Å²) in [6.07, 6.45) is 0. The van der Waals surface area contributed by atoms with Gasteiger partial charge in [0, 0.05) is 36.7 Å². The molecule has 1 aromatic rings. The maximum absolute atomic E-state index is 13.0. The van der Waals surface area contributed by atoms with Crippen molar-refractivity contribution in [3.05, 3.63) is 23.8 Å². The molecule has 0 aromatic heterocycles. The number of rotatable bonds is 6. The Morgan fingerprint density at radius 3 is 2.41 bits per heavy atom. The number of amides is 3. The summed E-state index contributed by atoms with van der Waals surface area (Å²) in [4.78, 5) is 27.5. The third-order valence-corrected chi connectivity index (χ3v) is 4.95. The first kappa shape index (κ1) is 22.8. The van der Waals surface area contributed by atoms with Crippen molar-refractivity contribution >= 4 is 11.9 Å². The summed E-state index contributed by atoms with van der Waals surface area (Å²) in [6.45, 7) is 11.3. The van der Waals surface area contributed by atoms with Crippen LogP contribution in [0.5, 0.6) is 11.5 Å². The monoisotopic (exact) mass is 405 g/mol. The van der Waals surface area contributed by atoms with Crippen LogP contribution in [-0.2, 0) is 4.79 Å². The van der Waals surface area contributed by atoms with Gasteiger partial charge in [-0.1, -0.05) is 13.8 Å². The fourth-order valence-electron chi connectivity index (χ4n) is 3.52. The second-order valence-corrected chi connectivity index (χ2v) is 9.05. The predicted molar refractivity (Wildman–Crippen MR) is 113 cm³/mol. The standard InChI is InChI=1S/C22H35N3O4/c1-14(2)11-23-20(26)18-13-25(21(27)24-22(3,4)5)12-17(18)16-10-15(28-6)8-9-19(16)29-7/h8-10,14,17-18H,11-13H2,1-7H3,(H,23,26)(H,24,27). The molecule has 2 N–H and O–H groups in total. The van der Waals surface area contributed by atoms with E-state index < -0.39 is 0 Å². The number of hydrogen-bond donors (Lipinski definition) is 2. The molecular formula is C22H35N3O4.